The van der Waals surface area contributed by atoms with Crippen LogP contribution in [0.15, 0.2) is 24.3 Å². The molecular weight excluding hydrogens is 821 g/mol. The van der Waals surface area contributed by atoms with Crippen LogP contribution in [0.3, 0.4) is 0 Å². The van der Waals surface area contributed by atoms with Crippen molar-refractivity contribution in [2.75, 3.05) is 13.7 Å². The number of ether oxygens (including phenoxy) is 7. The van der Waals surface area contributed by atoms with E-state index in [2.05, 4.69) is 6.92 Å². The molecule has 0 amide bonds. The van der Waals surface area contributed by atoms with Crippen LogP contribution in [0.5, 0.6) is 0 Å². The highest BCUT2D eigenvalue weighted by Crippen LogP contribution is 2.48. The lowest BCUT2D eigenvalue weighted by Gasteiger charge is -2.53. The lowest BCUT2D eigenvalue weighted by molar-refractivity contribution is -0.362. The molecule has 2 bridgehead atoms. The average molecular weight is 901 g/mol. The number of allylic oxidation sites excluding steroid dienone is 1. The Morgan fingerprint density at radius 3 is 2.30 bits per heavy atom. The third kappa shape index (κ3) is 12.7. The maximum atomic E-state index is 13.7. The van der Waals surface area contributed by atoms with Crippen LogP contribution in [0.1, 0.15) is 126 Å². The highest BCUT2D eigenvalue weighted by atomic mass is 16.7. The quantitative estimate of drug-likeness (QED) is 0.141. The van der Waals surface area contributed by atoms with E-state index in [-0.39, 0.29) is 43.6 Å². The first kappa shape index (κ1) is 52.4. The first-order valence-electron chi connectivity index (χ1n) is 23.4. The monoisotopic (exact) mass is 901 g/mol. The number of aliphatic hydroxyl groups is 8. The fourth-order valence-corrected chi connectivity index (χ4v) is 10.1. The zero-order valence-electron chi connectivity index (χ0n) is 39.0. The van der Waals surface area contributed by atoms with Crippen LogP contribution < -0.4 is 0 Å². The van der Waals surface area contributed by atoms with Crippen molar-refractivity contribution >= 4 is 5.97 Å². The Bertz CT molecular complexity index is 1520. The Hall–Kier alpha value is -1.61. The molecule has 0 aromatic rings. The summed E-state index contributed by atoms with van der Waals surface area (Å²) in [6.45, 7) is 14.0. The van der Waals surface area contributed by atoms with E-state index in [0.29, 0.717) is 45.1 Å². The van der Waals surface area contributed by atoms with Crippen molar-refractivity contribution in [2.45, 2.75) is 222 Å². The number of hydrogen-bond acceptors (Lipinski definition) is 16. The number of carbonyl (C=O) groups is 1. The molecule has 16 heteroatoms. The molecule has 1 spiro atoms. The molecule has 5 aliphatic heterocycles. The van der Waals surface area contributed by atoms with Gasteiger partial charge in [0, 0.05) is 56.6 Å². The first-order valence-corrected chi connectivity index (χ1v) is 23.4. The lowest BCUT2D eigenvalue weighted by Crippen LogP contribution is -2.59. The molecule has 8 N–H and O–H groups in total. The zero-order valence-corrected chi connectivity index (χ0v) is 39.0. The standard InChI is InChI=1S/C47H80O16/c1-10-32(48)21-33-27(3)15-19-46(62-33)23-35-28(4)36(63-46)24-47(56)31(20-26(2)25-58-47)14-12-11-13-17-44(7,54)43(53)41(61-38-22-34(57-9)40(51)30(6)59-38)39(50)29(5)42(52)45(8,55)18-16-37(49)60-35/h12,14,16,18,26-36,38-43,48,50-56H,10-11,13,15,17,19-25H2,1-9H3/b14-12-,18-16-/t26-,27+,28-,29+,30+,31-,32-,33-,34+,35-,36-,38-,39+,40-,41+,42-,43-,44+,45-,46-,47-/m0/s1. The maximum absolute atomic E-state index is 13.7. The second-order valence-corrected chi connectivity index (χ2v) is 20.2. The normalized spacial score (nSPS) is 50.3. The van der Waals surface area contributed by atoms with E-state index in [1.807, 2.05) is 32.9 Å². The number of fused-ring (bicyclic) bond motifs is 3. The number of esters is 1. The van der Waals surface area contributed by atoms with Crippen LogP contribution in [-0.2, 0) is 38.0 Å². The van der Waals surface area contributed by atoms with Crippen molar-refractivity contribution in [3.8, 4) is 0 Å². The largest absolute Gasteiger partial charge is 0.459 e. The van der Waals surface area contributed by atoms with Gasteiger partial charge in [-0.1, -0.05) is 46.8 Å². The predicted molar refractivity (Wildman–Crippen MR) is 229 cm³/mol. The lowest BCUT2D eigenvalue weighted by atomic mass is 9.77. The second kappa shape index (κ2) is 21.6. The molecule has 0 aromatic carbocycles. The van der Waals surface area contributed by atoms with Crippen LogP contribution in [0.25, 0.3) is 0 Å². The molecule has 5 rings (SSSR count). The topological polar surface area (TPSA) is 244 Å². The molecule has 5 heterocycles. The Labute approximate surface area is 373 Å². The molecule has 364 valence electrons. The van der Waals surface area contributed by atoms with Gasteiger partial charge in [0.1, 0.15) is 30.0 Å². The molecule has 5 aliphatic rings. The van der Waals surface area contributed by atoms with E-state index in [1.165, 1.54) is 27.9 Å². The van der Waals surface area contributed by atoms with E-state index in [9.17, 15) is 45.6 Å². The predicted octanol–water partition coefficient (Wildman–Crippen LogP) is 3.16. The molecule has 0 saturated carbocycles. The SMILES string of the molecule is CC[C@H](O)C[C@@H]1O[C@]2(CC[C@H]1C)C[C@@H]1OC(=O)/C=C\[C@](C)(O)[C@@H](O)[C@H](C)[C@@H](O)[C@@H](O[C@H]3C[C@@H](OC)[C@@H](O)[C@@H](C)O3)[C@H](O)[C@](C)(O)CCC/C=C\[C@H]3C[C@H](C)CO[C@@]3(O)C[C@H](O2)[C@H]1C. The zero-order chi connectivity index (χ0) is 46.7. The fourth-order valence-electron chi connectivity index (χ4n) is 10.1. The van der Waals surface area contributed by atoms with Crippen LogP contribution in [0.2, 0.25) is 0 Å². The first-order chi connectivity index (χ1) is 29.4. The van der Waals surface area contributed by atoms with Crippen LogP contribution in [-0.4, -0.2) is 157 Å². The highest BCUT2D eigenvalue weighted by molar-refractivity contribution is 5.82. The summed E-state index contributed by atoms with van der Waals surface area (Å²) in [5, 5.41) is 92.3. The van der Waals surface area contributed by atoms with Gasteiger partial charge in [-0.3, -0.25) is 0 Å². The van der Waals surface area contributed by atoms with E-state index in [0.717, 1.165) is 18.6 Å². The van der Waals surface area contributed by atoms with Crippen molar-refractivity contribution in [2.24, 2.45) is 29.6 Å². The van der Waals surface area contributed by atoms with E-state index in [4.69, 9.17) is 33.2 Å². The van der Waals surface area contributed by atoms with Gasteiger partial charge in [-0.2, -0.15) is 0 Å². The number of rotatable bonds is 6. The van der Waals surface area contributed by atoms with Crippen LogP contribution >= 0.6 is 0 Å². The number of hydrogen-bond donors (Lipinski definition) is 8. The molecule has 21 atom stereocenters. The summed E-state index contributed by atoms with van der Waals surface area (Å²) in [6, 6.07) is 0. The van der Waals surface area contributed by atoms with Crippen LogP contribution in [0, 0.1) is 29.6 Å². The van der Waals surface area contributed by atoms with Gasteiger partial charge in [0.15, 0.2) is 17.9 Å². The minimum atomic E-state index is -2.13. The number of carbonyl (C=O) groups excluding carboxylic acids is 1. The third-order valence-electron chi connectivity index (χ3n) is 14.8. The molecule has 4 saturated heterocycles. The molecular formula is C47H80O16. The smallest absolute Gasteiger partial charge is 0.330 e. The number of methoxy groups -OCH3 is 1. The molecule has 0 radical (unpaired) electrons. The molecule has 0 aromatic heterocycles. The summed E-state index contributed by atoms with van der Waals surface area (Å²) in [5.41, 5.74) is -3.97. The second-order valence-electron chi connectivity index (χ2n) is 20.2. The van der Waals surface area contributed by atoms with Crippen molar-refractivity contribution in [1.82, 2.24) is 0 Å². The van der Waals surface area contributed by atoms with E-state index in [1.54, 1.807) is 6.92 Å². The molecule has 63 heavy (non-hydrogen) atoms. The van der Waals surface area contributed by atoms with Gasteiger partial charge < -0.3 is 74.0 Å². The van der Waals surface area contributed by atoms with Crippen molar-refractivity contribution in [1.29, 1.82) is 0 Å². The summed E-state index contributed by atoms with van der Waals surface area (Å²) < 4.78 is 43.6. The van der Waals surface area contributed by atoms with Crippen molar-refractivity contribution in [3.05, 3.63) is 24.3 Å². The van der Waals surface area contributed by atoms with Gasteiger partial charge >= 0.3 is 5.97 Å². The minimum absolute atomic E-state index is 0.0294. The third-order valence-corrected chi connectivity index (χ3v) is 14.8. The van der Waals surface area contributed by atoms with Gasteiger partial charge in [0.05, 0.1) is 54.9 Å². The summed E-state index contributed by atoms with van der Waals surface area (Å²) in [5.74, 6) is -5.51. The molecule has 4 fully saturated rings. The molecule has 0 unspecified atom stereocenters. The highest BCUT2D eigenvalue weighted by Gasteiger charge is 2.55. The molecule has 0 aliphatic carbocycles. The average Bonchev–Trinajstić information content (AvgIpc) is 3.23. The van der Waals surface area contributed by atoms with Gasteiger partial charge in [-0.25, -0.2) is 4.79 Å². The van der Waals surface area contributed by atoms with Crippen molar-refractivity contribution in [3.63, 3.8) is 0 Å². The van der Waals surface area contributed by atoms with Gasteiger partial charge in [0.25, 0.3) is 0 Å². The summed E-state index contributed by atoms with van der Waals surface area (Å²) in [4.78, 5) is 13.7. The van der Waals surface area contributed by atoms with E-state index >= 15 is 0 Å². The summed E-state index contributed by atoms with van der Waals surface area (Å²) in [6.07, 6.45) is -2.72. The van der Waals surface area contributed by atoms with Gasteiger partial charge in [0.2, 0.25) is 0 Å². The van der Waals surface area contributed by atoms with Gasteiger partial charge in [-0.15, -0.1) is 0 Å². The van der Waals surface area contributed by atoms with E-state index < -0.39 is 114 Å². The summed E-state index contributed by atoms with van der Waals surface area (Å²) >= 11 is 0. The van der Waals surface area contributed by atoms with Crippen molar-refractivity contribution < 1.29 is 78.8 Å². The van der Waals surface area contributed by atoms with Gasteiger partial charge in [-0.05, 0) is 83.6 Å². The van der Waals surface area contributed by atoms with Crippen LogP contribution in [0.4, 0.5) is 0 Å². The summed E-state index contributed by atoms with van der Waals surface area (Å²) in [7, 11) is 1.43. The minimum Gasteiger partial charge on any atom is -0.459 e. The Balaban J connectivity index is 1.49. The Morgan fingerprint density at radius 1 is 0.905 bits per heavy atom. The fraction of sp³-hybridized carbons (Fsp3) is 0.894. The number of aliphatic hydroxyl groups excluding tert-OH is 5. The Morgan fingerprint density at radius 2 is 1.62 bits per heavy atom. The maximum Gasteiger partial charge on any atom is 0.330 e. The molecule has 16 nitrogen and oxygen atoms in total. The Kier molecular flexibility index (Phi) is 17.9.